The van der Waals surface area contributed by atoms with Crippen molar-refractivity contribution < 1.29 is 4.74 Å². The van der Waals surface area contributed by atoms with E-state index in [0.717, 1.165) is 55.5 Å². The number of rotatable bonds is 4. The average Bonchev–Trinajstić information content (AvgIpc) is 2.73. The number of methoxy groups -OCH3 is 1. The molecular weight excluding hydrogens is 370 g/mol. The van der Waals surface area contributed by atoms with Gasteiger partial charge in [0.05, 0.1) is 12.8 Å². The van der Waals surface area contributed by atoms with Crippen molar-refractivity contribution in [2.45, 2.75) is 13.8 Å². The van der Waals surface area contributed by atoms with E-state index in [9.17, 15) is 0 Å². The van der Waals surface area contributed by atoms with E-state index in [2.05, 4.69) is 60.0 Å². The summed E-state index contributed by atoms with van der Waals surface area (Å²) < 4.78 is 5.30. The third-order valence-corrected chi connectivity index (χ3v) is 5.55. The van der Waals surface area contributed by atoms with Crippen LogP contribution >= 0.6 is 12.4 Å². The summed E-state index contributed by atoms with van der Waals surface area (Å²) in [5.41, 5.74) is 3.42. The molecule has 1 saturated heterocycles. The molecule has 4 nitrogen and oxygen atoms in total. The Balaban J connectivity index is 0.00000225. The normalized spacial score (nSPS) is 14.8. The number of benzene rings is 2. The number of ether oxygens (including phenoxy) is 1. The van der Waals surface area contributed by atoms with Gasteiger partial charge in [-0.2, -0.15) is 0 Å². The predicted octanol–water partition coefficient (Wildman–Crippen LogP) is 4.78. The molecule has 5 heteroatoms. The number of aryl methyl sites for hydroxylation is 1. The zero-order valence-electron chi connectivity index (χ0n) is 16.8. The van der Waals surface area contributed by atoms with Crippen molar-refractivity contribution in [2.24, 2.45) is 0 Å². The topological polar surface area (TPSA) is 28.6 Å². The van der Waals surface area contributed by atoms with Crippen LogP contribution in [0, 0.1) is 6.92 Å². The first-order valence-corrected chi connectivity index (χ1v) is 9.71. The molecule has 2 aromatic carbocycles. The van der Waals surface area contributed by atoms with Crippen LogP contribution in [-0.2, 0) is 0 Å². The molecule has 1 aliphatic rings. The Labute approximate surface area is 173 Å². The van der Waals surface area contributed by atoms with Crippen LogP contribution in [0.15, 0.2) is 48.5 Å². The number of nitrogens with zero attached hydrogens (tertiary/aromatic N) is 3. The second kappa shape index (κ2) is 8.80. The lowest BCUT2D eigenvalue weighted by molar-refractivity contribution is 0.271. The number of likely N-dealkylation sites (N-methyl/N-ethyl adjacent to an activating group) is 1. The molecule has 0 radical (unpaired) electrons. The Morgan fingerprint density at radius 2 is 1.71 bits per heavy atom. The maximum Gasteiger partial charge on any atom is 0.137 e. The third-order valence-electron chi connectivity index (χ3n) is 5.55. The quantitative estimate of drug-likeness (QED) is 0.633. The van der Waals surface area contributed by atoms with Gasteiger partial charge in [0.15, 0.2) is 0 Å². The van der Waals surface area contributed by atoms with E-state index in [0.29, 0.717) is 0 Å². The van der Waals surface area contributed by atoms with Crippen LogP contribution in [0.25, 0.3) is 22.0 Å². The average molecular weight is 398 g/mol. The Morgan fingerprint density at radius 1 is 1.00 bits per heavy atom. The van der Waals surface area contributed by atoms with Gasteiger partial charge in [0.1, 0.15) is 11.6 Å². The van der Waals surface area contributed by atoms with Crippen LogP contribution in [0.4, 0.5) is 5.82 Å². The smallest absolute Gasteiger partial charge is 0.137 e. The van der Waals surface area contributed by atoms with Crippen LogP contribution < -0.4 is 9.64 Å². The van der Waals surface area contributed by atoms with Gasteiger partial charge in [-0.25, -0.2) is 4.98 Å². The van der Waals surface area contributed by atoms with Gasteiger partial charge in [0, 0.05) is 37.1 Å². The molecule has 1 aliphatic heterocycles. The SMILES string of the molecule is CCN1CCN(c2nc(-c3ccc(OC)cc3)cc3cccc(C)c23)CC1.Cl. The number of anilines is 1. The Kier molecular flexibility index (Phi) is 6.42. The molecule has 3 aromatic rings. The molecule has 0 saturated carbocycles. The van der Waals surface area contributed by atoms with E-state index in [-0.39, 0.29) is 12.4 Å². The van der Waals surface area contributed by atoms with Crippen molar-refractivity contribution in [3.63, 3.8) is 0 Å². The zero-order chi connectivity index (χ0) is 18.8. The van der Waals surface area contributed by atoms with Crippen molar-refractivity contribution in [3.05, 3.63) is 54.1 Å². The van der Waals surface area contributed by atoms with E-state index >= 15 is 0 Å². The van der Waals surface area contributed by atoms with E-state index in [1.807, 2.05) is 12.1 Å². The third kappa shape index (κ3) is 3.94. The molecule has 0 unspecified atom stereocenters. The van der Waals surface area contributed by atoms with Crippen LogP contribution in [-0.4, -0.2) is 49.7 Å². The highest BCUT2D eigenvalue weighted by molar-refractivity contribution is 5.97. The first-order chi connectivity index (χ1) is 13.2. The minimum absolute atomic E-state index is 0. The van der Waals surface area contributed by atoms with Gasteiger partial charge in [-0.1, -0.05) is 25.1 Å². The highest BCUT2D eigenvalue weighted by Crippen LogP contribution is 2.33. The second-order valence-corrected chi connectivity index (χ2v) is 7.15. The number of hydrogen-bond donors (Lipinski definition) is 0. The highest BCUT2D eigenvalue weighted by Gasteiger charge is 2.20. The fraction of sp³-hybridized carbons (Fsp3) is 0.348. The number of piperazine rings is 1. The molecule has 4 rings (SSSR count). The molecule has 148 valence electrons. The molecule has 1 aromatic heterocycles. The van der Waals surface area contributed by atoms with Gasteiger partial charge in [-0.05, 0) is 54.8 Å². The predicted molar refractivity (Wildman–Crippen MR) is 120 cm³/mol. The lowest BCUT2D eigenvalue weighted by Crippen LogP contribution is -2.46. The van der Waals surface area contributed by atoms with Crippen molar-refractivity contribution in [2.75, 3.05) is 44.7 Å². The maximum absolute atomic E-state index is 5.30. The molecule has 0 spiro atoms. The van der Waals surface area contributed by atoms with Gasteiger partial charge in [-0.3, -0.25) is 0 Å². The van der Waals surface area contributed by atoms with Crippen LogP contribution in [0.1, 0.15) is 12.5 Å². The molecule has 0 bridgehead atoms. The molecule has 0 aliphatic carbocycles. The number of hydrogen-bond acceptors (Lipinski definition) is 4. The molecule has 28 heavy (non-hydrogen) atoms. The lowest BCUT2D eigenvalue weighted by Gasteiger charge is -2.35. The van der Waals surface area contributed by atoms with Gasteiger partial charge in [0.2, 0.25) is 0 Å². The fourth-order valence-electron chi connectivity index (χ4n) is 3.88. The van der Waals surface area contributed by atoms with E-state index < -0.39 is 0 Å². The number of pyridine rings is 1. The van der Waals surface area contributed by atoms with Gasteiger partial charge in [-0.15, -0.1) is 12.4 Å². The molecule has 1 fully saturated rings. The fourth-order valence-corrected chi connectivity index (χ4v) is 3.88. The lowest BCUT2D eigenvalue weighted by atomic mass is 10.0. The van der Waals surface area contributed by atoms with Crippen molar-refractivity contribution in [1.29, 1.82) is 0 Å². The van der Waals surface area contributed by atoms with E-state index in [4.69, 9.17) is 9.72 Å². The van der Waals surface area contributed by atoms with Crippen LogP contribution in [0.3, 0.4) is 0 Å². The molecular formula is C23H28ClN3O. The zero-order valence-corrected chi connectivity index (χ0v) is 17.6. The Bertz CT molecular complexity index is 934. The standard InChI is InChI=1S/C23H27N3O.ClH/c1-4-25-12-14-26(15-13-25)23-22-17(2)6-5-7-19(22)16-21(24-23)18-8-10-20(27-3)11-9-18;/h5-11,16H,4,12-15H2,1-3H3;1H. The van der Waals surface area contributed by atoms with Gasteiger partial charge in [0.25, 0.3) is 0 Å². The van der Waals surface area contributed by atoms with Crippen molar-refractivity contribution in [1.82, 2.24) is 9.88 Å². The highest BCUT2D eigenvalue weighted by atomic mass is 35.5. The monoisotopic (exact) mass is 397 g/mol. The molecule has 0 amide bonds. The molecule has 2 heterocycles. The summed E-state index contributed by atoms with van der Waals surface area (Å²) in [6.45, 7) is 9.77. The van der Waals surface area contributed by atoms with Crippen molar-refractivity contribution >= 4 is 29.0 Å². The minimum Gasteiger partial charge on any atom is -0.497 e. The van der Waals surface area contributed by atoms with Gasteiger partial charge >= 0.3 is 0 Å². The summed E-state index contributed by atoms with van der Waals surface area (Å²) in [7, 11) is 1.69. The summed E-state index contributed by atoms with van der Waals surface area (Å²) in [6.07, 6.45) is 0. The van der Waals surface area contributed by atoms with E-state index in [1.165, 1.54) is 16.3 Å². The second-order valence-electron chi connectivity index (χ2n) is 7.15. The molecule has 0 atom stereocenters. The summed E-state index contributed by atoms with van der Waals surface area (Å²) in [6, 6.07) is 16.9. The van der Waals surface area contributed by atoms with Crippen LogP contribution in [0.5, 0.6) is 5.75 Å². The summed E-state index contributed by atoms with van der Waals surface area (Å²) in [5.74, 6) is 1.98. The first kappa shape index (κ1) is 20.4. The largest absolute Gasteiger partial charge is 0.497 e. The summed E-state index contributed by atoms with van der Waals surface area (Å²) in [4.78, 5) is 10.1. The van der Waals surface area contributed by atoms with Gasteiger partial charge < -0.3 is 14.5 Å². The first-order valence-electron chi connectivity index (χ1n) is 9.71. The summed E-state index contributed by atoms with van der Waals surface area (Å²) in [5, 5.41) is 2.53. The number of aromatic nitrogens is 1. The number of fused-ring (bicyclic) bond motifs is 1. The molecule has 0 N–H and O–H groups in total. The summed E-state index contributed by atoms with van der Waals surface area (Å²) >= 11 is 0. The van der Waals surface area contributed by atoms with E-state index in [1.54, 1.807) is 7.11 Å². The van der Waals surface area contributed by atoms with Crippen molar-refractivity contribution in [3.8, 4) is 17.0 Å². The maximum atomic E-state index is 5.30. The number of halogens is 1. The van der Waals surface area contributed by atoms with Crippen LogP contribution in [0.2, 0.25) is 0 Å². The minimum atomic E-state index is 0. The Hall–Kier alpha value is -2.30. The Morgan fingerprint density at radius 3 is 2.36 bits per heavy atom.